The average Bonchev–Trinajstić information content (AvgIpc) is 3.09. The molecule has 1 aromatic heterocycles. The maximum Gasteiger partial charge on any atom is 0.241 e. The Morgan fingerprint density at radius 3 is 2.89 bits per heavy atom. The second-order valence-corrected chi connectivity index (χ2v) is 6.75. The molecule has 4 atom stereocenters. The molecule has 19 heavy (non-hydrogen) atoms. The first-order valence-corrected chi connectivity index (χ1v) is 8.22. The highest BCUT2D eigenvalue weighted by molar-refractivity contribution is 7.10. The molecule has 4 heteroatoms. The van der Waals surface area contributed by atoms with E-state index < -0.39 is 0 Å². The number of carbonyl (C=O) groups is 1. The fraction of sp³-hybridized carbons (Fsp3) is 0.667. The van der Waals surface area contributed by atoms with E-state index in [4.69, 9.17) is 0 Å². The van der Waals surface area contributed by atoms with Crippen LogP contribution in [0.1, 0.15) is 50.6 Å². The molecule has 0 aromatic carbocycles. The molecule has 2 heterocycles. The topological polar surface area (TPSA) is 32.3 Å². The Hall–Kier alpha value is -0.870. The van der Waals surface area contributed by atoms with Gasteiger partial charge in [-0.3, -0.25) is 10.1 Å². The number of thiophene rings is 1. The molecule has 104 valence electrons. The third-order valence-corrected chi connectivity index (χ3v) is 5.51. The Bertz CT molecular complexity index is 445. The first kappa shape index (κ1) is 13.1. The molecule has 0 radical (unpaired) electrons. The minimum Gasteiger partial charge on any atom is -0.317 e. The summed E-state index contributed by atoms with van der Waals surface area (Å²) >= 11 is 1.74. The second-order valence-electron chi connectivity index (χ2n) is 5.77. The number of nitrogens with one attached hydrogen (secondary N) is 1. The van der Waals surface area contributed by atoms with Gasteiger partial charge in [0.25, 0.3) is 0 Å². The normalized spacial score (nSPS) is 35.3. The molecule has 1 saturated heterocycles. The van der Waals surface area contributed by atoms with E-state index in [0.717, 1.165) is 12.8 Å². The predicted molar refractivity (Wildman–Crippen MR) is 77.9 cm³/mol. The number of carbonyl (C=O) groups excluding carboxylic acids is 1. The Morgan fingerprint density at radius 2 is 2.32 bits per heavy atom. The van der Waals surface area contributed by atoms with Gasteiger partial charge in [-0.25, -0.2) is 0 Å². The van der Waals surface area contributed by atoms with E-state index in [2.05, 4.69) is 41.6 Å². The van der Waals surface area contributed by atoms with Gasteiger partial charge in [0, 0.05) is 10.9 Å². The molecule has 2 fully saturated rings. The summed E-state index contributed by atoms with van der Waals surface area (Å²) in [6.45, 7) is 4.37. The van der Waals surface area contributed by atoms with E-state index in [1.807, 2.05) is 0 Å². The highest BCUT2D eigenvalue weighted by Crippen LogP contribution is 2.38. The van der Waals surface area contributed by atoms with Crippen LogP contribution in [0.2, 0.25) is 0 Å². The van der Waals surface area contributed by atoms with Gasteiger partial charge in [-0.15, -0.1) is 11.3 Å². The van der Waals surface area contributed by atoms with Crippen LogP contribution < -0.4 is 5.32 Å². The van der Waals surface area contributed by atoms with Crippen molar-refractivity contribution in [2.45, 2.75) is 57.8 Å². The van der Waals surface area contributed by atoms with Crippen LogP contribution in [0.25, 0.3) is 0 Å². The molecular formula is C15H22N2OS. The zero-order valence-corrected chi connectivity index (χ0v) is 12.5. The maximum atomic E-state index is 12.6. The summed E-state index contributed by atoms with van der Waals surface area (Å²) in [7, 11) is 0. The monoisotopic (exact) mass is 278 g/mol. The molecule has 0 spiro atoms. The Labute approximate surface area is 119 Å². The molecule has 2 aliphatic rings. The third kappa shape index (κ3) is 2.21. The molecule has 1 amide bonds. The van der Waals surface area contributed by atoms with Gasteiger partial charge < -0.3 is 4.90 Å². The van der Waals surface area contributed by atoms with Gasteiger partial charge in [0.1, 0.15) is 6.17 Å². The van der Waals surface area contributed by atoms with Gasteiger partial charge in [-0.2, -0.15) is 0 Å². The summed E-state index contributed by atoms with van der Waals surface area (Å²) in [6.07, 6.45) is 4.64. The summed E-state index contributed by atoms with van der Waals surface area (Å²) in [5.41, 5.74) is 0. The molecule has 0 bridgehead atoms. The van der Waals surface area contributed by atoms with E-state index in [1.165, 1.54) is 17.7 Å². The minimum absolute atomic E-state index is 0.0000926. The highest BCUT2D eigenvalue weighted by Gasteiger charge is 2.45. The van der Waals surface area contributed by atoms with Crippen molar-refractivity contribution in [3.63, 3.8) is 0 Å². The van der Waals surface area contributed by atoms with Crippen LogP contribution >= 0.6 is 11.3 Å². The van der Waals surface area contributed by atoms with Crippen molar-refractivity contribution < 1.29 is 4.79 Å². The first-order chi connectivity index (χ1) is 9.22. The Kier molecular flexibility index (Phi) is 3.63. The molecule has 3 rings (SSSR count). The molecule has 1 aromatic rings. The van der Waals surface area contributed by atoms with E-state index in [0.29, 0.717) is 17.9 Å². The molecule has 3 nitrogen and oxygen atoms in total. The third-order valence-electron chi connectivity index (χ3n) is 4.58. The second kappa shape index (κ2) is 5.25. The molecule has 1 saturated carbocycles. The van der Waals surface area contributed by atoms with Gasteiger partial charge in [0.2, 0.25) is 5.91 Å². The lowest BCUT2D eigenvalue weighted by Gasteiger charge is -2.32. The maximum absolute atomic E-state index is 12.6. The minimum atomic E-state index is -0.0000926. The van der Waals surface area contributed by atoms with Crippen LogP contribution in [0.15, 0.2) is 17.5 Å². The van der Waals surface area contributed by atoms with E-state index in [1.54, 1.807) is 11.3 Å². The van der Waals surface area contributed by atoms with Crippen LogP contribution in [-0.2, 0) is 4.79 Å². The molecule has 1 aliphatic carbocycles. The van der Waals surface area contributed by atoms with Crippen LogP contribution in [-0.4, -0.2) is 22.9 Å². The van der Waals surface area contributed by atoms with Crippen molar-refractivity contribution >= 4 is 17.2 Å². The lowest BCUT2D eigenvalue weighted by atomic mass is 10.0. The van der Waals surface area contributed by atoms with E-state index in [9.17, 15) is 4.79 Å². The summed E-state index contributed by atoms with van der Waals surface area (Å²) in [4.78, 5) is 16.1. The average molecular weight is 278 g/mol. The summed E-state index contributed by atoms with van der Waals surface area (Å²) in [6, 6.07) is 4.63. The molecule has 1 N–H and O–H groups in total. The number of hydrogen-bond donors (Lipinski definition) is 1. The van der Waals surface area contributed by atoms with Crippen molar-refractivity contribution in [1.82, 2.24) is 10.2 Å². The summed E-state index contributed by atoms with van der Waals surface area (Å²) in [5, 5.41) is 5.62. The van der Waals surface area contributed by atoms with Crippen LogP contribution in [0, 0.1) is 5.92 Å². The van der Waals surface area contributed by atoms with Crippen LogP contribution in [0.3, 0.4) is 0 Å². The molecule has 1 aliphatic heterocycles. The Balaban J connectivity index is 1.90. The lowest BCUT2D eigenvalue weighted by Crippen LogP contribution is -2.41. The fourth-order valence-corrected chi connectivity index (χ4v) is 4.28. The number of rotatable bonds is 3. The van der Waals surface area contributed by atoms with E-state index in [-0.39, 0.29) is 12.2 Å². The smallest absolute Gasteiger partial charge is 0.241 e. The SMILES string of the molecule is CCC1NC(c2cccs2)N(C2CCCC2C)C1=O. The summed E-state index contributed by atoms with van der Waals surface area (Å²) < 4.78 is 0. The lowest BCUT2D eigenvalue weighted by molar-refractivity contribution is -0.133. The van der Waals surface area contributed by atoms with Crippen LogP contribution in [0.5, 0.6) is 0 Å². The van der Waals surface area contributed by atoms with Crippen molar-refractivity contribution in [2.75, 3.05) is 0 Å². The standard InChI is InChI=1S/C15H22N2OS/c1-3-11-15(18)17(12-7-4-6-10(12)2)14(16-11)13-8-5-9-19-13/h5,8-12,14,16H,3-4,6-7H2,1-2H3. The zero-order valence-electron chi connectivity index (χ0n) is 11.6. The summed E-state index contributed by atoms with van der Waals surface area (Å²) in [5.74, 6) is 0.934. The Morgan fingerprint density at radius 1 is 1.47 bits per heavy atom. The number of nitrogens with zero attached hydrogens (tertiary/aromatic N) is 1. The van der Waals surface area contributed by atoms with Crippen molar-refractivity contribution in [1.29, 1.82) is 0 Å². The fourth-order valence-electron chi connectivity index (χ4n) is 3.50. The molecular weight excluding hydrogens is 256 g/mol. The first-order valence-electron chi connectivity index (χ1n) is 7.34. The van der Waals surface area contributed by atoms with Crippen LogP contribution in [0.4, 0.5) is 0 Å². The van der Waals surface area contributed by atoms with Gasteiger partial charge >= 0.3 is 0 Å². The van der Waals surface area contributed by atoms with Crippen molar-refractivity contribution in [2.24, 2.45) is 5.92 Å². The van der Waals surface area contributed by atoms with Gasteiger partial charge in [0.15, 0.2) is 0 Å². The quantitative estimate of drug-likeness (QED) is 0.921. The number of hydrogen-bond acceptors (Lipinski definition) is 3. The molecule has 4 unspecified atom stereocenters. The van der Waals surface area contributed by atoms with E-state index >= 15 is 0 Å². The van der Waals surface area contributed by atoms with Crippen molar-refractivity contribution in [3.8, 4) is 0 Å². The zero-order chi connectivity index (χ0) is 13.4. The predicted octanol–water partition coefficient (Wildman–Crippen LogP) is 3.15. The largest absolute Gasteiger partial charge is 0.317 e. The number of amides is 1. The van der Waals surface area contributed by atoms with Gasteiger partial charge in [0.05, 0.1) is 6.04 Å². The highest BCUT2D eigenvalue weighted by atomic mass is 32.1. The van der Waals surface area contributed by atoms with Gasteiger partial charge in [-0.05, 0) is 36.6 Å². The van der Waals surface area contributed by atoms with Gasteiger partial charge in [-0.1, -0.05) is 26.3 Å². The van der Waals surface area contributed by atoms with Crippen molar-refractivity contribution in [3.05, 3.63) is 22.4 Å².